The van der Waals surface area contributed by atoms with Crippen molar-refractivity contribution in [2.75, 3.05) is 0 Å². The first-order valence-electron chi connectivity index (χ1n) is 5.47. The molecule has 0 amide bonds. The second-order valence-electron chi connectivity index (χ2n) is 4.55. The van der Waals surface area contributed by atoms with Gasteiger partial charge in [-0.1, -0.05) is 15.9 Å². The fourth-order valence-electron chi connectivity index (χ4n) is 2.31. The molecule has 2 atom stereocenters. The van der Waals surface area contributed by atoms with Crippen molar-refractivity contribution >= 4 is 15.9 Å². The first kappa shape index (κ1) is 12.9. The number of alkyl halides is 2. The maximum Gasteiger partial charge on any atom is 0.248 e. The molecule has 0 saturated heterocycles. The van der Waals surface area contributed by atoms with Crippen molar-refractivity contribution in [2.24, 2.45) is 11.7 Å². The average molecular weight is 308 g/mol. The minimum absolute atomic E-state index is 0.152. The van der Waals surface area contributed by atoms with E-state index in [4.69, 9.17) is 5.73 Å². The van der Waals surface area contributed by atoms with E-state index < -0.39 is 17.8 Å². The topological polar surface area (TPSA) is 26.0 Å². The van der Waals surface area contributed by atoms with E-state index in [9.17, 15) is 13.2 Å². The zero-order valence-corrected chi connectivity index (χ0v) is 10.7. The highest BCUT2D eigenvalue weighted by molar-refractivity contribution is 9.10. The second kappa shape index (κ2) is 4.61. The summed E-state index contributed by atoms with van der Waals surface area (Å²) in [4.78, 5) is 0. The summed E-state index contributed by atoms with van der Waals surface area (Å²) in [5.41, 5.74) is 6.20. The summed E-state index contributed by atoms with van der Waals surface area (Å²) in [7, 11) is 0. The number of nitrogens with two attached hydrogens (primary N) is 1. The monoisotopic (exact) mass is 307 g/mol. The van der Waals surface area contributed by atoms with Gasteiger partial charge in [-0.2, -0.15) is 0 Å². The van der Waals surface area contributed by atoms with E-state index in [1.807, 2.05) is 0 Å². The van der Waals surface area contributed by atoms with E-state index in [2.05, 4.69) is 15.9 Å². The first-order chi connectivity index (χ1) is 7.89. The molecule has 1 aliphatic rings. The summed E-state index contributed by atoms with van der Waals surface area (Å²) in [5, 5.41) is 0. The Kier molecular flexibility index (Phi) is 3.50. The van der Waals surface area contributed by atoms with Gasteiger partial charge in [-0.05, 0) is 30.5 Å². The van der Waals surface area contributed by atoms with Gasteiger partial charge in [0.15, 0.2) is 0 Å². The molecule has 0 heterocycles. The summed E-state index contributed by atoms with van der Waals surface area (Å²) in [6.07, 6.45) is -0.0543. The van der Waals surface area contributed by atoms with Gasteiger partial charge < -0.3 is 5.73 Å². The molecule has 1 aliphatic carbocycles. The van der Waals surface area contributed by atoms with E-state index in [1.165, 1.54) is 6.07 Å². The van der Waals surface area contributed by atoms with Crippen molar-refractivity contribution in [3.63, 3.8) is 0 Å². The van der Waals surface area contributed by atoms with Crippen molar-refractivity contribution in [1.29, 1.82) is 0 Å². The molecule has 0 bridgehead atoms. The Labute approximate surface area is 106 Å². The van der Waals surface area contributed by atoms with E-state index >= 15 is 0 Å². The molecule has 2 unspecified atom stereocenters. The summed E-state index contributed by atoms with van der Waals surface area (Å²) in [5.74, 6) is -3.44. The Morgan fingerprint density at radius 2 is 2.12 bits per heavy atom. The lowest BCUT2D eigenvalue weighted by atomic mass is 9.92. The predicted octanol–water partition coefficient (Wildman–Crippen LogP) is 4.02. The van der Waals surface area contributed by atoms with Crippen LogP contribution in [0.4, 0.5) is 13.2 Å². The number of benzene rings is 1. The molecule has 0 aliphatic heterocycles. The molecule has 1 aromatic carbocycles. The fourth-order valence-corrected chi connectivity index (χ4v) is 2.69. The van der Waals surface area contributed by atoms with E-state index in [-0.39, 0.29) is 18.8 Å². The van der Waals surface area contributed by atoms with Gasteiger partial charge in [-0.25, -0.2) is 13.2 Å². The Hall–Kier alpha value is -0.550. The fraction of sp³-hybridized carbons (Fsp3) is 0.500. The Bertz CT molecular complexity index is 422. The minimum atomic E-state index is -2.65. The highest BCUT2D eigenvalue weighted by Crippen LogP contribution is 2.44. The van der Waals surface area contributed by atoms with Crippen LogP contribution in [0.2, 0.25) is 0 Å². The summed E-state index contributed by atoms with van der Waals surface area (Å²) < 4.78 is 40.5. The molecule has 94 valence electrons. The molecule has 1 nitrogen and oxygen atoms in total. The number of hydrogen-bond acceptors (Lipinski definition) is 1. The van der Waals surface area contributed by atoms with Crippen molar-refractivity contribution in [1.82, 2.24) is 0 Å². The van der Waals surface area contributed by atoms with Crippen molar-refractivity contribution in [2.45, 2.75) is 31.2 Å². The molecule has 17 heavy (non-hydrogen) atoms. The summed E-state index contributed by atoms with van der Waals surface area (Å²) in [6.45, 7) is 0. The van der Waals surface area contributed by atoms with Crippen LogP contribution in [0.3, 0.4) is 0 Å². The largest absolute Gasteiger partial charge is 0.324 e. The molecule has 0 spiro atoms. The zero-order chi connectivity index (χ0) is 12.6. The Morgan fingerprint density at radius 1 is 1.41 bits per heavy atom. The molecule has 1 saturated carbocycles. The van der Waals surface area contributed by atoms with Gasteiger partial charge in [-0.15, -0.1) is 0 Å². The quantitative estimate of drug-likeness (QED) is 0.877. The lowest BCUT2D eigenvalue weighted by Gasteiger charge is -2.20. The van der Waals surface area contributed by atoms with Crippen LogP contribution in [0.5, 0.6) is 0 Å². The van der Waals surface area contributed by atoms with Gasteiger partial charge in [0.2, 0.25) is 5.92 Å². The van der Waals surface area contributed by atoms with Crippen LogP contribution in [0, 0.1) is 11.7 Å². The second-order valence-corrected chi connectivity index (χ2v) is 5.47. The van der Waals surface area contributed by atoms with Crippen molar-refractivity contribution < 1.29 is 13.2 Å². The molecule has 2 N–H and O–H groups in total. The lowest BCUT2D eigenvalue weighted by Crippen LogP contribution is -2.22. The maximum atomic E-state index is 13.6. The SMILES string of the molecule is NC(c1cc(Br)ccc1F)C1CCC(F)(F)C1. The first-order valence-corrected chi connectivity index (χ1v) is 6.27. The normalized spacial score (nSPS) is 24.9. The molecule has 1 fully saturated rings. The Morgan fingerprint density at radius 3 is 2.71 bits per heavy atom. The highest BCUT2D eigenvalue weighted by Gasteiger charge is 2.42. The standard InChI is InChI=1S/C12H13BrF3N/c13-8-1-2-10(14)9(5-8)11(17)7-3-4-12(15,16)6-7/h1-2,5,7,11H,3-4,6,17H2. The number of halogens is 4. The molecular weight excluding hydrogens is 295 g/mol. The number of rotatable bonds is 2. The van der Waals surface area contributed by atoms with Gasteiger partial charge in [0, 0.05) is 28.9 Å². The Balaban J connectivity index is 2.20. The van der Waals surface area contributed by atoms with Crippen LogP contribution in [0.25, 0.3) is 0 Å². The van der Waals surface area contributed by atoms with Crippen LogP contribution in [-0.2, 0) is 0 Å². The van der Waals surface area contributed by atoms with Crippen molar-refractivity contribution in [3.05, 3.63) is 34.1 Å². The molecule has 1 aromatic rings. The molecule has 0 aromatic heterocycles. The summed E-state index contributed by atoms with van der Waals surface area (Å²) in [6, 6.07) is 3.76. The van der Waals surface area contributed by atoms with Gasteiger partial charge >= 0.3 is 0 Å². The molecule has 5 heteroatoms. The van der Waals surface area contributed by atoms with Crippen LogP contribution < -0.4 is 5.73 Å². The van der Waals surface area contributed by atoms with Crippen LogP contribution >= 0.6 is 15.9 Å². The summed E-state index contributed by atoms with van der Waals surface area (Å²) >= 11 is 3.23. The third-order valence-corrected chi connectivity index (χ3v) is 3.76. The highest BCUT2D eigenvalue weighted by atomic mass is 79.9. The van der Waals surface area contributed by atoms with Crippen LogP contribution in [0.15, 0.2) is 22.7 Å². The van der Waals surface area contributed by atoms with Crippen LogP contribution in [-0.4, -0.2) is 5.92 Å². The van der Waals surface area contributed by atoms with E-state index in [1.54, 1.807) is 12.1 Å². The molecule has 2 rings (SSSR count). The predicted molar refractivity (Wildman–Crippen MR) is 63.3 cm³/mol. The van der Waals surface area contributed by atoms with Gasteiger partial charge in [0.1, 0.15) is 5.82 Å². The van der Waals surface area contributed by atoms with E-state index in [0.29, 0.717) is 16.5 Å². The van der Waals surface area contributed by atoms with Gasteiger partial charge in [0.05, 0.1) is 0 Å². The van der Waals surface area contributed by atoms with Crippen LogP contribution in [0.1, 0.15) is 30.9 Å². The number of hydrogen-bond donors (Lipinski definition) is 1. The maximum absolute atomic E-state index is 13.6. The third kappa shape index (κ3) is 2.83. The third-order valence-electron chi connectivity index (χ3n) is 3.27. The van der Waals surface area contributed by atoms with E-state index in [0.717, 1.165) is 0 Å². The smallest absolute Gasteiger partial charge is 0.248 e. The van der Waals surface area contributed by atoms with Crippen molar-refractivity contribution in [3.8, 4) is 0 Å². The zero-order valence-electron chi connectivity index (χ0n) is 9.10. The van der Waals surface area contributed by atoms with Gasteiger partial charge in [-0.3, -0.25) is 0 Å². The average Bonchev–Trinajstić information content (AvgIpc) is 2.61. The molecule has 0 radical (unpaired) electrons. The lowest BCUT2D eigenvalue weighted by molar-refractivity contribution is 0.00385. The minimum Gasteiger partial charge on any atom is -0.324 e. The van der Waals surface area contributed by atoms with Gasteiger partial charge in [0.25, 0.3) is 0 Å². The molecular formula is C12H13BrF3N.